The number of likely N-dealkylation sites (N-methyl/N-ethyl adjacent to an activating group) is 1. The number of rotatable bonds is 4. The van der Waals surface area contributed by atoms with Crippen LogP contribution in [0.15, 0.2) is 36.4 Å². The molecule has 0 aromatic heterocycles. The smallest absolute Gasteiger partial charge is 0.251 e. The average Bonchev–Trinajstić information content (AvgIpc) is 2.75. The minimum Gasteiger partial charge on any atom is -0.490 e. The van der Waals surface area contributed by atoms with Gasteiger partial charge in [-0.1, -0.05) is 17.7 Å². The molecular formula is C24H26ClN3O2. The highest BCUT2D eigenvalue weighted by Crippen LogP contribution is 2.27. The van der Waals surface area contributed by atoms with Crippen molar-refractivity contribution in [2.45, 2.75) is 50.8 Å². The zero-order chi connectivity index (χ0) is 21.1. The number of ether oxygens (including phenoxy) is 1. The van der Waals surface area contributed by atoms with E-state index in [2.05, 4.69) is 35.5 Å². The van der Waals surface area contributed by atoms with Gasteiger partial charge in [0, 0.05) is 30.8 Å². The standard InChI is InChI=1S/C24H26ClN3O2/c1-28-11-10-16-12-17(2-3-19(16)15-28)24(29)27-20-5-8-21(9-6-20)30-22-7-4-18(14-26)23(25)13-22/h2-4,7,12-13,20-21H,5-6,8-11,15H2,1H3,(H,27,29). The summed E-state index contributed by atoms with van der Waals surface area (Å²) in [5, 5.41) is 12.6. The van der Waals surface area contributed by atoms with Crippen molar-refractivity contribution in [3.8, 4) is 11.8 Å². The maximum Gasteiger partial charge on any atom is 0.251 e. The molecule has 0 atom stereocenters. The van der Waals surface area contributed by atoms with E-state index in [9.17, 15) is 4.79 Å². The third-order valence-electron chi connectivity index (χ3n) is 6.04. The first-order valence-corrected chi connectivity index (χ1v) is 10.9. The van der Waals surface area contributed by atoms with Gasteiger partial charge >= 0.3 is 0 Å². The molecule has 0 radical (unpaired) electrons. The first-order valence-electron chi connectivity index (χ1n) is 10.5. The molecule has 4 rings (SSSR count). The van der Waals surface area contributed by atoms with Gasteiger partial charge in [-0.15, -0.1) is 0 Å². The lowest BCUT2D eigenvalue weighted by atomic mass is 9.92. The summed E-state index contributed by atoms with van der Waals surface area (Å²) < 4.78 is 6.03. The molecule has 1 aliphatic heterocycles. The molecule has 1 heterocycles. The van der Waals surface area contributed by atoms with Crippen molar-refractivity contribution >= 4 is 17.5 Å². The summed E-state index contributed by atoms with van der Waals surface area (Å²) in [6.07, 6.45) is 4.61. The summed E-state index contributed by atoms with van der Waals surface area (Å²) in [6, 6.07) is 13.5. The topological polar surface area (TPSA) is 65.4 Å². The summed E-state index contributed by atoms with van der Waals surface area (Å²) in [5.41, 5.74) is 3.81. The highest BCUT2D eigenvalue weighted by molar-refractivity contribution is 6.31. The van der Waals surface area contributed by atoms with E-state index < -0.39 is 0 Å². The number of fused-ring (bicyclic) bond motifs is 1. The Balaban J connectivity index is 1.29. The van der Waals surface area contributed by atoms with Crippen LogP contribution < -0.4 is 10.1 Å². The van der Waals surface area contributed by atoms with E-state index in [1.165, 1.54) is 11.1 Å². The van der Waals surface area contributed by atoms with Gasteiger partial charge in [-0.3, -0.25) is 4.79 Å². The van der Waals surface area contributed by atoms with Crippen molar-refractivity contribution in [3.63, 3.8) is 0 Å². The lowest BCUT2D eigenvalue weighted by Crippen LogP contribution is -2.39. The summed E-state index contributed by atoms with van der Waals surface area (Å²) in [7, 11) is 2.12. The van der Waals surface area contributed by atoms with Gasteiger partial charge in [0.25, 0.3) is 5.91 Å². The molecule has 1 saturated carbocycles. The molecule has 0 saturated heterocycles. The number of nitriles is 1. The second-order valence-corrected chi connectivity index (χ2v) is 8.70. The van der Waals surface area contributed by atoms with Crippen LogP contribution in [0.3, 0.4) is 0 Å². The predicted octanol–water partition coefficient (Wildman–Crippen LogP) is 4.32. The van der Waals surface area contributed by atoms with E-state index in [0.717, 1.165) is 50.8 Å². The Morgan fingerprint density at radius 1 is 1.17 bits per heavy atom. The summed E-state index contributed by atoms with van der Waals surface area (Å²) >= 11 is 6.08. The van der Waals surface area contributed by atoms with Gasteiger partial charge in [-0.25, -0.2) is 0 Å². The Labute approximate surface area is 182 Å². The zero-order valence-electron chi connectivity index (χ0n) is 17.2. The summed E-state index contributed by atoms with van der Waals surface area (Å²) in [5.74, 6) is 0.700. The molecule has 2 aromatic carbocycles. The van der Waals surface area contributed by atoms with E-state index in [1.807, 2.05) is 6.07 Å². The fraction of sp³-hybridized carbons (Fsp3) is 0.417. The second kappa shape index (κ2) is 9.07. The van der Waals surface area contributed by atoms with Crippen LogP contribution in [0.1, 0.15) is 52.7 Å². The Morgan fingerprint density at radius 3 is 2.70 bits per heavy atom. The number of hydrogen-bond acceptors (Lipinski definition) is 4. The SMILES string of the molecule is CN1CCc2cc(C(=O)NC3CCC(Oc4ccc(C#N)c(Cl)c4)CC3)ccc2C1. The largest absolute Gasteiger partial charge is 0.490 e. The number of amides is 1. The van der Waals surface area contributed by atoms with E-state index in [0.29, 0.717) is 16.3 Å². The molecule has 0 unspecified atom stereocenters. The van der Waals surface area contributed by atoms with Gasteiger partial charge in [0.15, 0.2) is 0 Å². The summed E-state index contributed by atoms with van der Waals surface area (Å²) in [6.45, 7) is 1.98. The molecule has 156 valence electrons. The fourth-order valence-electron chi connectivity index (χ4n) is 4.28. The van der Waals surface area contributed by atoms with Crippen LogP contribution in [0.25, 0.3) is 0 Å². The van der Waals surface area contributed by atoms with Gasteiger partial charge in [0.2, 0.25) is 0 Å². The van der Waals surface area contributed by atoms with Gasteiger partial charge in [0.1, 0.15) is 11.8 Å². The van der Waals surface area contributed by atoms with Gasteiger partial charge in [-0.05, 0) is 74.5 Å². The third kappa shape index (κ3) is 4.77. The Morgan fingerprint density at radius 2 is 1.97 bits per heavy atom. The Hall–Kier alpha value is -2.55. The van der Waals surface area contributed by atoms with Gasteiger partial charge in [0.05, 0.1) is 16.7 Å². The van der Waals surface area contributed by atoms with Crippen LogP contribution in [0.5, 0.6) is 5.75 Å². The normalized spacial score (nSPS) is 21.4. The molecule has 1 N–H and O–H groups in total. The maximum atomic E-state index is 12.7. The molecule has 2 aromatic rings. The van der Waals surface area contributed by atoms with Crippen molar-refractivity contribution in [1.29, 1.82) is 5.26 Å². The zero-order valence-corrected chi connectivity index (χ0v) is 17.9. The number of carbonyl (C=O) groups excluding carboxylic acids is 1. The monoisotopic (exact) mass is 423 g/mol. The van der Waals surface area contributed by atoms with Crippen LogP contribution in [-0.2, 0) is 13.0 Å². The van der Waals surface area contributed by atoms with E-state index in [1.54, 1.807) is 18.2 Å². The van der Waals surface area contributed by atoms with Crippen LogP contribution in [0, 0.1) is 11.3 Å². The maximum absolute atomic E-state index is 12.7. The molecule has 5 nitrogen and oxygen atoms in total. The molecule has 6 heteroatoms. The number of benzene rings is 2. The molecule has 1 aliphatic carbocycles. The molecule has 0 bridgehead atoms. The van der Waals surface area contributed by atoms with Gasteiger partial charge < -0.3 is 15.0 Å². The fourth-order valence-corrected chi connectivity index (χ4v) is 4.49. The summed E-state index contributed by atoms with van der Waals surface area (Å²) in [4.78, 5) is 15.0. The first kappa shape index (κ1) is 20.7. The Kier molecular flexibility index (Phi) is 6.26. The van der Waals surface area contributed by atoms with Crippen molar-refractivity contribution in [2.75, 3.05) is 13.6 Å². The molecule has 1 fully saturated rings. The van der Waals surface area contributed by atoms with Crippen LogP contribution in [-0.4, -0.2) is 36.5 Å². The Bertz CT molecular complexity index is 977. The van der Waals surface area contributed by atoms with Crippen molar-refractivity contribution < 1.29 is 9.53 Å². The number of hydrogen-bond donors (Lipinski definition) is 1. The van der Waals surface area contributed by atoms with Crippen molar-refractivity contribution in [3.05, 3.63) is 63.7 Å². The molecular weight excluding hydrogens is 398 g/mol. The number of nitrogens with zero attached hydrogens (tertiary/aromatic N) is 2. The molecule has 0 spiro atoms. The van der Waals surface area contributed by atoms with Gasteiger partial charge in [-0.2, -0.15) is 5.26 Å². The highest BCUT2D eigenvalue weighted by Gasteiger charge is 2.24. The molecule has 1 amide bonds. The number of halogens is 1. The lowest BCUT2D eigenvalue weighted by molar-refractivity contribution is 0.0893. The van der Waals surface area contributed by atoms with E-state index in [4.69, 9.17) is 21.6 Å². The minimum absolute atomic E-state index is 0.0139. The van der Waals surface area contributed by atoms with E-state index >= 15 is 0 Å². The highest BCUT2D eigenvalue weighted by atomic mass is 35.5. The average molecular weight is 424 g/mol. The lowest BCUT2D eigenvalue weighted by Gasteiger charge is -2.30. The number of nitrogens with one attached hydrogen (secondary N) is 1. The van der Waals surface area contributed by atoms with Crippen LogP contribution in [0.4, 0.5) is 0 Å². The minimum atomic E-state index is 0.0139. The van der Waals surface area contributed by atoms with E-state index in [-0.39, 0.29) is 18.1 Å². The second-order valence-electron chi connectivity index (χ2n) is 8.29. The third-order valence-corrected chi connectivity index (χ3v) is 6.36. The van der Waals surface area contributed by atoms with Crippen molar-refractivity contribution in [2.24, 2.45) is 0 Å². The molecule has 2 aliphatic rings. The quantitative estimate of drug-likeness (QED) is 0.795. The van der Waals surface area contributed by atoms with Crippen molar-refractivity contribution in [1.82, 2.24) is 10.2 Å². The predicted molar refractivity (Wildman–Crippen MR) is 117 cm³/mol. The van der Waals surface area contributed by atoms with Crippen LogP contribution >= 0.6 is 11.6 Å². The van der Waals surface area contributed by atoms with Crippen LogP contribution in [0.2, 0.25) is 5.02 Å². The number of carbonyl (C=O) groups is 1. The first-order chi connectivity index (χ1) is 14.5. The molecule has 30 heavy (non-hydrogen) atoms.